The Labute approximate surface area is 265 Å². The third-order valence-electron chi connectivity index (χ3n) is 7.26. The van der Waals surface area contributed by atoms with E-state index in [4.69, 9.17) is 37.9 Å². The van der Waals surface area contributed by atoms with Gasteiger partial charge in [0, 0.05) is 11.6 Å². The van der Waals surface area contributed by atoms with Gasteiger partial charge >= 0.3 is 11.9 Å². The summed E-state index contributed by atoms with van der Waals surface area (Å²) in [6.45, 7) is 0.392. The van der Waals surface area contributed by atoms with Gasteiger partial charge in [-0.3, -0.25) is 14.4 Å². The standard InChI is InChI=1S/C30H34O17/c1-30(40,9-18(33)34)10-19(35)44-11-17-21(36)23(38)24(39)29(46-17)47-28-26(42-3)22(37)20-14(32)8-15(45-25(20)27(28)43-4)12-5-6-13(31)16(7-12)41-2/h5-8,17,21,23-24,29,31,36-40H,9-11H2,1-4H3,(H,33,34)/t17-,21-,23+,24-,29+,30-/m1/s1. The molecule has 4 rings (SSSR count). The number of methoxy groups -OCH3 is 3. The van der Waals surface area contributed by atoms with Crippen LogP contribution in [-0.4, -0.2) is 112 Å². The first-order valence-electron chi connectivity index (χ1n) is 13.9. The zero-order valence-electron chi connectivity index (χ0n) is 25.5. The number of benzene rings is 2. The molecule has 1 aromatic heterocycles. The minimum atomic E-state index is -1.94. The van der Waals surface area contributed by atoms with Crippen LogP contribution in [0.25, 0.3) is 22.3 Å². The van der Waals surface area contributed by atoms with E-state index in [0.717, 1.165) is 20.1 Å². The maximum Gasteiger partial charge on any atom is 0.308 e. The summed E-state index contributed by atoms with van der Waals surface area (Å²) >= 11 is 0. The van der Waals surface area contributed by atoms with Gasteiger partial charge in [0.1, 0.15) is 42.2 Å². The van der Waals surface area contributed by atoms with Crippen molar-refractivity contribution in [2.24, 2.45) is 0 Å². The van der Waals surface area contributed by atoms with Crippen LogP contribution >= 0.6 is 0 Å². The van der Waals surface area contributed by atoms with Gasteiger partial charge in [-0.05, 0) is 25.1 Å². The highest BCUT2D eigenvalue weighted by atomic mass is 16.7. The summed E-state index contributed by atoms with van der Waals surface area (Å²) in [5, 5.41) is 71.4. The predicted octanol–water partition coefficient (Wildman–Crippen LogP) is 0.242. The number of phenolic OH excluding ortho intramolecular Hbond substituents is 2. The summed E-state index contributed by atoms with van der Waals surface area (Å²) in [5.41, 5.74) is -2.71. The molecular formula is C30H34O17. The Morgan fingerprint density at radius 2 is 1.60 bits per heavy atom. The molecule has 0 aliphatic carbocycles. The molecule has 0 spiro atoms. The molecule has 17 nitrogen and oxygen atoms in total. The maximum absolute atomic E-state index is 13.2. The number of rotatable bonds is 12. The predicted molar refractivity (Wildman–Crippen MR) is 157 cm³/mol. The Balaban J connectivity index is 1.70. The van der Waals surface area contributed by atoms with E-state index in [2.05, 4.69) is 0 Å². The van der Waals surface area contributed by atoms with Crippen molar-refractivity contribution in [3.05, 3.63) is 34.5 Å². The average Bonchev–Trinajstić information content (AvgIpc) is 3.00. The minimum Gasteiger partial charge on any atom is -0.504 e. The van der Waals surface area contributed by atoms with Crippen molar-refractivity contribution in [2.75, 3.05) is 27.9 Å². The van der Waals surface area contributed by atoms with Gasteiger partial charge in [-0.2, -0.15) is 0 Å². The molecule has 0 bridgehead atoms. The number of hydrogen-bond donors (Lipinski definition) is 7. The highest BCUT2D eigenvalue weighted by Crippen LogP contribution is 2.51. The number of carbonyl (C=O) groups is 2. The summed E-state index contributed by atoms with van der Waals surface area (Å²) in [5.74, 6) is -4.52. The van der Waals surface area contributed by atoms with E-state index in [0.29, 0.717) is 5.56 Å². The fourth-order valence-corrected chi connectivity index (χ4v) is 4.95. The number of carboxylic acid groups (broad SMARTS) is 1. The summed E-state index contributed by atoms with van der Waals surface area (Å²) in [7, 11) is 3.63. The average molecular weight is 667 g/mol. The second-order valence-electron chi connectivity index (χ2n) is 10.9. The van der Waals surface area contributed by atoms with Gasteiger partial charge in [0.25, 0.3) is 0 Å². The Bertz CT molecular complexity index is 1700. The number of carbonyl (C=O) groups excluding carboxylic acids is 1. The molecular weight excluding hydrogens is 632 g/mol. The molecule has 1 aliphatic heterocycles. The van der Waals surface area contributed by atoms with Gasteiger partial charge in [0.15, 0.2) is 28.3 Å². The largest absolute Gasteiger partial charge is 0.504 e. The fraction of sp³-hybridized carbons (Fsp3) is 0.433. The van der Waals surface area contributed by atoms with Crippen molar-refractivity contribution in [3.63, 3.8) is 0 Å². The molecule has 3 aromatic rings. The van der Waals surface area contributed by atoms with Crippen molar-refractivity contribution >= 4 is 22.9 Å². The molecule has 0 unspecified atom stereocenters. The van der Waals surface area contributed by atoms with E-state index < -0.39 is 90.4 Å². The van der Waals surface area contributed by atoms with E-state index in [1.54, 1.807) is 0 Å². The van der Waals surface area contributed by atoms with Crippen molar-refractivity contribution in [1.82, 2.24) is 0 Å². The molecule has 256 valence electrons. The lowest BCUT2D eigenvalue weighted by atomic mass is 9.98. The number of esters is 1. The molecule has 2 aromatic carbocycles. The lowest BCUT2D eigenvalue weighted by Crippen LogP contribution is -2.60. The maximum atomic E-state index is 13.2. The van der Waals surface area contributed by atoms with Crippen molar-refractivity contribution in [3.8, 4) is 45.8 Å². The van der Waals surface area contributed by atoms with E-state index in [1.807, 2.05) is 0 Å². The number of carboxylic acids is 1. The molecule has 1 aliphatic rings. The highest BCUT2D eigenvalue weighted by molar-refractivity contribution is 5.95. The zero-order valence-corrected chi connectivity index (χ0v) is 25.5. The quantitative estimate of drug-likeness (QED) is 0.128. The second-order valence-corrected chi connectivity index (χ2v) is 10.9. The Hall–Kier alpha value is -4.81. The van der Waals surface area contributed by atoms with Crippen LogP contribution < -0.4 is 24.4 Å². The lowest BCUT2D eigenvalue weighted by Gasteiger charge is -2.40. The fourth-order valence-electron chi connectivity index (χ4n) is 4.95. The SMILES string of the molecule is COc1cc(-c2cc(=O)c3c(O)c(OC)c(O[C@@H]4O[C@H](COC(=O)C[C@](C)(O)CC(=O)O)[C@@H](O)[C@H](O)[C@H]4O)c(OC)c3o2)ccc1O. The van der Waals surface area contributed by atoms with Gasteiger partial charge in [-0.15, -0.1) is 0 Å². The molecule has 0 saturated carbocycles. The number of fused-ring (bicyclic) bond motifs is 1. The third kappa shape index (κ3) is 7.28. The molecule has 6 atom stereocenters. The second kappa shape index (κ2) is 13.9. The van der Waals surface area contributed by atoms with Crippen LogP contribution in [0.15, 0.2) is 33.5 Å². The van der Waals surface area contributed by atoms with Crippen molar-refractivity contribution in [2.45, 2.75) is 56.1 Å². The van der Waals surface area contributed by atoms with Crippen LogP contribution in [0, 0.1) is 0 Å². The number of aromatic hydroxyl groups is 2. The Kier molecular flexibility index (Phi) is 10.4. The molecule has 47 heavy (non-hydrogen) atoms. The van der Waals surface area contributed by atoms with Gasteiger partial charge in [0.05, 0.1) is 39.8 Å². The van der Waals surface area contributed by atoms with Gasteiger partial charge in [0.2, 0.25) is 23.5 Å². The summed E-state index contributed by atoms with van der Waals surface area (Å²) < 4.78 is 38.2. The van der Waals surface area contributed by atoms with Gasteiger partial charge in [-0.25, -0.2) is 0 Å². The van der Waals surface area contributed by atoms with Gasteiger partial charge in [-0.1, -0.05) is 0 Å². The molecule has 17 heteroatoms. The first-order valence-corrected chi connectivity index (χ1v) is 13.9. The van der Waals surface area contributed by atoms with E-state index in [1.165, 1.54) is 32.4 Å². The molecule has 1 saturated heterocycles. The van der Waals surface area contributed by atoms with Crippen LogP contribution in [0.2, 0.25) is 0 Å². The smallest absolute Gasteiger partial charge is 0.308 e. The molecule has 0 amide bonds. The number of hydrogen-bond acceptors (Lipinski definition) is 16. The number of ether oxygens (including phenoxy) is 6. The topological polar surface area (TPSA) is 261 Å². The summed E-state index contributed by atoms with van der Waals surface area (Å²) in [6.07, 6.45) is -10.5. The van der Waals surface area contributed by atoms with Crippen LogP contribution in [0.4, 0.5) is 0 Å². The molecule has 2 heterocycles. The zero-order chi connectivity index (χ0) is 34.8. The van der Waals surface area contributed by atoms with Crippen molar-refractivity contribution in [1.29, 1.82) is 0 Å². The Morgan fingerprint density at radius 1 is 0.915 bits per heavy atom. The molecule has 0 radical (unpaired) electrons. The number of aliphatic carboxylic acids is 1. The number of phenols is 2. The van der Waals surface area contributed by atoms with E-state index >= 15 is 0 Å². The van der Waals surface area contributed by atoms with Crippen LogP contribution in [0.1, 0.15) is 19.8 Å². The summed E-state index contributed by atoms with van der Waals surface area (Å²) in [6, 6.07) is 5.22. The molecule has 7 N–H and O–H groups in total. The Morgan fingerprint density at radius 3 is 2.21 bits per heavy atom. The van der Waals surface area contributed by atoms with Crippen LogP contribution in [0.3, 0.4) is 0 Å². The molecule has 1 fully saturated rings. The first kappa shape index (κ1) is 35.1. The van der Waals surface area contributed by atoms with Crippen molar-refractivity contribution < 1.29 is 78.2 Å². The van der Waals surface area contributed by atoms with Gasteiger partial charge < -0.3 is 68.6 Å². The minimum absolute atomic E-state index is 0.0358. The number of aliphatic hydroxyl groups excluding tert-OH is 3. The lowest BCUT2D eigenvalue weighted by molar-refractivity contribution is -0.279. The monoisotopic (exact) mass is 666 g/mol. The third-order valence-corrected chi connectivity index (χ3v) is 7.26. The first-order chi connectivity index (χ1) is 22.1. The van der Waals surface area contributed by atoms with Crippen LogP contribution in [0.5, 0.6) is 34.5 Å². The normalized spacial score (nSPS) is 22.3. The van der Waals surface area contributed by atoms with Crippen LogP contribution in [-0.2, 0) is 19.1 Å². The van der Waals surface area contributed by atoms with E-state index in [-0.39, 0.29) is 34.0 Å². The number of aliphatic hydroxyl groups is 4. The van der Waals surface area contributed by atoms with E-state index in [9.17, 15) is 45.0 Å². The summed E-state index contributed by atoms with van der Waals surface area (Å²) in [4.78, 5) is 36.4. The highest BCUT2D eigenvalue weighted by Gasteiger charge is 2.46.